The number of rotatable bonds is 6. The Bertz CT molecular complexity index is 1390. The lowest BCUT2D eigenvalue weighted by molar-refractivity contribution is -0.387. The number of carbonyl (C=O) groups excluding carboxylic acids is 1. The van der Waals surface area contributed by atoms with Gasteiger partial charge in [0.2, 0.25) is 15.9 Å². The molecule has 0 aliphatic carbocycles. The predicted octanol–water partition coefficient (Wildman–Crippen LogP) is 2.94. The Kier molecular flexibility index (Phi) is 6.81. The van der Waals surface area contributed by atoms with Crippen molar-refractivity contribution in [3.63, 3.8) is 0 Å². The van der Waals surface area contributed by atoms with Crippen molar-refractivity contribution in [2.45, 2.75) is 18.7 Å². The van der Waals surface area contributed by atoms with Gasteiger partial charge in [0.05, 0.1) is 16.3 Å². The lowest BCUT2D eigenvalue weighted by Gasteiger charge is -2.33. The summed E-state index contributed by atoms with van der Waals surface area (Å²) in [6.07, 6.45) is 3.20. The Balaban J connectivity index is 1.44. The molecule has 11 heteroatoms. The number of benzene rings is 2. The standard InChI is InChI=1S/C24H25N5O5S/c1-18-21(19(2)28(25-18)20-8-4-3-5-9-20)12-13-24(30)26-14-16-27(17-15-26)35(33,34)23-11-7-6-10-22(23)29(31)32/h3-13H,14-17H2,1-2H3/b13-12+. The van der Waals surface area contributed by atoms with Crippen molar-refractivity contribution in [2.75, 3.05) is 26.2 Å². The van der Waals surface area contributed by atoms with Gasteiger partial charge in [-0.1, -0.05) is 30.3 Å². The zero-order valence-corrected chi connectivity index (χ0v) is 20.2. The molecule has 1 aliphatic heterocycles. The number of carbonyl (C=O) groups is 1. The molecule has 2 heterocycles. The van der Waals surface area contributed by atoms with E-state index < -0.39 is 20.6 Å². The van der Waals surface area contributed by atoms with Gasteiger partial charge in [-0.2, -0.15) is 9.40 Å². The maximum absolute atomic E-state index is 13.0. The highest BCUT2D eigenvalue weighted by atomic mass is 32.2. The maximum Gasteiger partial charge on any atom is 0.289 e. The Morgan fingerprint density at radius 2 is 1.63 bits per heavy atom. The van der Waals surface area contributed by atoms with E-state index in [-0.39, 0.29) is 37.0 Å². The smallest absolute Gasteiger partial charge is 0.289 e. The number of piperazine rings is 1. The second-order valence-corrected chi connectivity index (χ2v) is 10.0. The van der Waals surface area contributed by atoms with Gasteiger partial charge in [-0.25, -0.2) is 13.1 Å². The average molecular weight is 496 g/mol. The van der Waals surface area contributed by atoms with Crippen molar-refractivity contribution < 1.29 is 18.1 Å². The first kappa shape index (κ1) is 24.3. The molecule has 35 heavy (non-hydrogen) atoms. The van der Waals surface area contributed by atoms with Gasteiger partial charge in [0.25, 0.3) is 5.69 Å². The fourth-order valence-corrected chi connectivity index (χ4v) is 5.67. The van der Waals surface area contributed by atoms with Crippen LogP contribution in [-0.4, -0.2) is 64.4 Å². The van der Waals surface area contributed by atoms with E-state index in [1.807, 2.05) is 48.9 Å². The van der Waals surface area contributed by atoms with Gasteiger partial charge in [-0.15, -0.1) is 0 Å². The summed E-state index contributed by atoms with van der Waals surface area (Å²) in [5.74, 6) is -0.237. The number of aryl methyl sites for hydroxylation is 1. The lowest BCUT2D eigenvalue weighted by atomic mass is 10.1. The second kappa shape index (κ2) is 9.80. The SMILES string of the molecule is Cc1nn(-c2ccccc2)c(C)c1/C=C/C(=O)N1CCN(S(=O)(=O)c2ccccc2[N+](=O)[O-])CC1. The molecule has 0 N–H and O–H groups in total. The number of sulfonamides is 1. The largest absolute Gasteiger partial charge is 0.337 e. The molecule has 4 rings (SSSR count). The van der Waals surface area contributed by atoms with E-state index >= 15 is 0 Å². The number of nitro benzene ring substituents is 1. The van der Waals surface area contributed by atoms with Crippen molar-refractivity contribution in [1.29, 1.82) is 0 Å². The fourth-order valence-electron chi connectivity index (χ4n) is 4.09. The molecule has 182 valence electrons. The molecule has 0 spiro atoms. The molecule has 1 amide bonds. The topological polar surface area (TPSA) is 119 Å². The first-order valence-corrected chi connectivity index (χ1v) is 12.5. The highest BCUT2D eigenvalue weighted by Gasteiger charge is 2.34. The minimum absolute atomic E-state index is 0.0535. The van der Waals surface area contributed by atoms with Crippen LogP contribution < -0.4 is 0 Å². The molecule has 0 saturated carbocycles. The first-order valence-electron chi connectivity index (χ1n) is 11.0. The van der Waals surface area contributed by atoms with Gasteiger partial charge < -0.3 is 4.90 Å². The molecule has 0 radical (unpaired) electrons. The number of aromatic nitrogens is 2. The zero-order chi connectivity index (χ0) is 25.2. The van der Waals surface area contributed by atoms with Gasteiger partial charge in [-0.05, 0) is 38.1 Å². The summed E-state index contributed by atoms with van der Waals surface area (Å²) < 4.78 is 29.0. The second-order valence-electron chi connectivity index (χ2n) is 8.12. The molecule has 2 aromatic carbocycles. The number of nitro groups is 1. The van der Waals surface area contributed by atoms with Gasteiger partial charge in [-0.3, -0.25) is 14.9 Å². The van der Waals surface area contributed by atoms with Crippen LogP contribution >= 0.6 is 0 Å². The maximum atomic E-state index is 13.0. The summed E-state index contributed by atoms with van der Waals surface area (Å²) in [6, 6.07) is 15.0. The molecule has 1 fully saturated rings. The van der Waals surface area contributed by atoms with Crippen LogP contribution in [0.2, 0.25) is 0 Å². The van der Waals surface area contributed by atoms with Crippen molar-refractivity contribution in [3.8, 4) is 5.69 Å². The highest BCUT2D eigenvalue weighted by molar-refractivity contribution is 7.89. The summed E-state index contributed by atoms with van der Waals surface area (Å²) in [4.78, 5) is 24.6. The third-order valence-corrected chi connectivity index (χ3v) is 7.92. The summed E-state index contributed by atoms with van der Waals surface area (Å²) in [5.41, 5.74) is 3.00. The predicted molar refractivity (Wildman–Crippen MR) is 131 cm³/mol. The van der Waals surface area contributed by atoms with E-state index in [4.69, 9.17) is 0 Å². The van der Waals surface area contributed by atoms with Crippen LogP contribution in [0.5, 0.6) is 0 Å². The summed E-state index contributed by atoms with van der Waals surface area (Å²) in [7, 11) is -4.05. The molecule has 10 nitrogen and oxygen atoms in total. The normalized spacial score (nSPS) is 15.0. The van der Waals surface area contributed by atoms with Gasteiger partial charge in [0.1, 0.15) is 0 Å². The van der Waals surface area contributed by atoms with E-state index in [2.05, 4.69) is 5.10 Å². The van der Waals surface area contributed by atoms with Crippen LogP contribution in [0.15, 0.2) is 65.6 Å². The van der Waals surface area contributed by atoms with Crippen molar-refractivity contribution in [1.82, 2.24) is 19.0 Å². The molecule has 0 unspecified atom stereocenters. The monoisotopic (exact) mass is 495 g/mol. The molecule has 1 saturated heterocycles. The van der Waals surface area contributed by atoms with Crippen LogP contribution in [0, 0.1) is 24.0 Å². The van der Waals surface area contributed by atoms with Crippen molar-refractivity contribution in [2.24, 2.45) is 0 Å². The third kappa shape index (κ3) is 4.86. The molecular weight excluding hydrogens is 470 g/mol. The molecule has 3 aromatic rings. The molecule has 1 aliphatic rings. The summed E-state index contributed by atoms with van der Waals surface area (Å²) in [5, 5.41) is 15.8. The van der Waals surface area contributed by atoms with E-state index in [9.17, 15) is 23.3 Å². The number of hydrogen-bond donors (Lipinski definition) is 0. The molecule has 0 bridgehead atoms. The fraction of sp³-hybridized carbons (Fsp3) is 0.250. The summed E-state index contributed by atoms with van der Waals surface area (Å²) >= 11 is 0. The van der Waals surface area contributed by atoms with E-state index in [0.717, 1.165) is 22.6 Å². The minimum Gasteiger partial charge on any atom is -0.337 e. The number of para-hydroxylation sites is 2. The lowest BCUT2D eigenvalue weighted by Crippen LogP contribution is -2.50. The van der Waals surface area contributed by atoms with Crippen LogP contribution in [0.1, 0.15) is 17.0 Å². The Morgan fingerprint density at radius 3 is 2.29 bits per heavy atom. The zero-order valence-electron chi connectivity index (χ0n) is 19.4. The summed E-state index contributed by atoms with van der Waals surface area (Å²) in [6.45, 7) is 4.29. The number of hydrogen-bond acceptors (Lipinski definition) is 6. The van der Waals surface area contributed by atoms with Crippen LogP contribution in [0.3, 0.4) is 0 Å². The molecule has 1 aromatic heterocycles. The Morgan fingerprint density at radius 1 is 1.00 bits per heavy atom. The van der Waals surface area contributed by atoms with Crippen molar-refractivity contribution >= 4 is 27.7 Å². The van der Waals surface area contributed by atoms with Crippen LogP contribution in [0.4, 0.5) is 5.69 Å². The quantitative estimate of drug-likeness (QED) is 0.295. The van der Waals surface area contributed by atoms with Gasteiger partial charge >= 0.3 is 0 Å². The first-order chi connectivity index (χ1) is 16.7. The van der Waals surface area contributed by atoms with Crippen molar-refractivity contribution in [3.05, 3.63) is 87.7 Å². The minimum atomic E-state index is -4.05. The number of amides is 1. The third-order valence-electron chi connectivity index (χ3n) is 5.97. The Labute approximate surface area is 203 Å². The molecule has 0 atom stereocenters. The number of nitrogens with zero attached hydrogens (tertiary/aromatic N) is 5. The Hall–Kier alpha value is -3.83. The average Bonchev–Trinajstić information content (AvgIpc) is 3.16. The van der Waals surface area contributed by atoms with Gasteiger partial charge in [0.15, 0.2) is 4.90 Å². The van der Waals surface area contributed by atoms with Crippen LogP contribution in [-0.2, 0) is 14.8 Å². The van der Waals surface area contributed by atoms with E-state index in [1.54, 1.807) is 11.0 Å². The van der Waals surface area contributed by atoms with Gasteiger partial charge in [0, 0.05) is 49.6 Å². The highest BCUT2D eigenvalue weighted by Crippen LogP contribution is 2.27. The van der Waals surface area contributed by atoms with E-state index in [1.165, 1.54) is 34.6 Å². The molecular formula is C24H25N5O5S. The van der Waals surface area contributed by atoms with E-state index in [0.29, 0.717) is 0 Å². The van der Waals surface area contributed by atoms with Crippen LogP contribution in [0.25, 0.3) is 11.8 Å².